The number of aliphatic hydroxyl groups excluding tert-OH is 7. The molecule has 0 aromatic carbocycles. The molecule has 11 nitrogen and oxygen atoms in total. The summed E-state index contributed by atoms with van der Waals surface area (Å²) in [5.41, 5.74) is 0. The maximum absolute atomic E-state index is 13.1. The van der Waals surface area contributed by atoms with Crippen LogP contribution in [0.4, 0.5) is 0 Å². The molecule has 1 aliphatic rings. The second kappa shape index (κ2) is 46.4. The van der Waals surface area contributed by atoms with Crippen LogP contribution in [0.15, 0.2) is 36.5 Å². The lowest BCUT2D eigenvalue weighted by molar-refractivity contribution is -0.303. The number of amides is 1. The van der Waals surface area contributed by atoms with E-state index in [1.807, 2.05) is 0 Å². The first-order chi connectivity index (χ1) is 33.2. The zero-order valence-electron chi connectivity index (χ0n) is 43.6. The standard InChI is InChI=1S/C57H107NO10/c1-3-5-7-9-11-13-15-17-18-19-20-21-22-23-24-25-26-27-28-29-30-31-33-35-37-39-41-43-45-50(61)56(66)58-48(47-67-57-55(65)54(64)53(63)51(46-59)68-57)52(62)49(60)44-42-40-38-36-34-32-16-14-12-10-8-6-4-2/h14,16,23-24,36,38,48-55,57,59-65H,3-13,15,17-22,25-35,37,39-47H2,1-2H3,(H,58,66)/b16-14+,24-23-,38-36+. The Bertz CT molecular complexity index is 1200. The number of hydrogen-bond acceptors (Lipinski definition) is 10. The highest BCUT2D eigenvalue weighted by Gasteiger charge is 2.44. The summed E-state index contributed by atoms with van der Waals surface area (Å²) in [6.07, 6.45) is 45.0. The number of carbonyl (C=O) groups excluding carboxylic acids is 1. The van der Waals surface area contributed by atoms with Gasteiger partial charge in [-0.25, -0.2) is 0 Å². The average molecular weight is 966 g/mol. The van der Waals surface area contributed by atoms with Crippen molar-refractivity contribution in [1.82, 2.24) is 5.32 Å². The van der Waals surface area contributed by atoms with Crippen LogP contribution in [0.3, 0.4) is 0 Å². The molecular weight excluding hydrogens is 859 g/mol. The second-order valence-electron chi connectivity index (χ2n) is 20.0. The molecule has 9 unspecified atom stereocenters. The van der Waals surface area contributed by atoms with E-state index in [-0.39, 0.29) is 12.8 Å². The molecule has 400 valence electrons. The fraction of sp³-hybridized carbons (Fsp3) is 0.877. The number of nitrogens with one attached hydrogen (secondary N) is 1. The molecule has 0 bridgehead atoms. The van der Waals surface area contributed by atoms with Gasteiger partial charge in [-0.15, -0.1) is 0 Å². The van der Waals surface area contributed by atoms with Gasteiger partial charge in [0.1, 0.15) is 36.6 Å². The Labute approximate surface area is 416 Å². The second-order valence-corrected chi connectivity index (χ2v) is 20.0. The maximum atomic E-state index is 13.1. The molecule has 1 fully saturated rings. The van der Waals surface area contributed by atoms with Crippen molar-refractivity contribution >= 4 is 5.91 Å². The van der Waals surface area contributed by atoms with Crippen LogP contribution in [0, 0.1) is 0 Å². The number of ether oxygens (including phenoxy) is 2. The van der Waals surface area contributed by atoms with Crippen molar-refractivity contribution in [2.45, 2.75) is 306 Å². The third kappa shape index (κ3) is 34.6. The van der Waals surface area contributed by atoms with Crippen LogP contribution in [0.2, 0.25) is 0 Å². The molecule has 1 saturated heterocycles. The number of unbranched alkanes of at least 4 members (excludes halogenated alkanes) is 30. The van der Waals surface area contributed by atoms with E-state index in [2.05, 4.69) is 55.6 Å². The van der Waals surface area contributed by atoms with E-state index in [9.17, 15) is 40.5 Å². The quantitative estimate of drug-likeness (QED) is 0.0215. The highest BCUT2D eigenvalue weighted by Crippen LogP contribution is 2.23. The third-order valence-electron chi connectivity index (χ3n) is 13.6. The van der Waals surface area contributed by atoms with E-state index >= 15 is 0 Å². The van der Waals surface area contributed by atoms with Crippen molar-refractivity contribution in [1.29, 1.82) is 0 Å². The highest BCUT2D eigenvalue weighted by molar-refractivity contribution is 5.80. The normalized spacial score (nSPS) is 20.8. The first kappa shape index (κ1) is 64.3. The average Bonchev–Trinajstić information content (AvgIpc) is 3.34. The number of aliphatic hydroxyl groups is 7. The van der Waals surface area contributed by atoms with Crippen LogP contribution in [-0.4, -0.2) is 110 Å². The fourth-order valence-electron chi connectivity index (χ4n) is 8.98. The molecule has 0 aromatic rings. The summed E-state index contributed by atoms with van der Waals surface area (Å²) < 4.78 is 11.1. The Morgan fingerprint density at radius 2 is 0.882 bits per heavy atom. The van der Waals surface area contributed by atoms with Crippen LogP contribution in [0.5, 0.6) is 0 Å². The summed E-state index contributed by atoms with van der Waals surface area (Å²) in [5, 5.41) is 75.9. The highest BCUT2D eigenvalue weighted by atomic mass is 16.7. The van der Waals surface area contributed by atoms with Crippen molar-refractivity contribution in [3.05, 3.63) is 36.5 Å². The van der Waals surface area contributed by atoms with Crippen LogP contribution in [-0.2, 0) is 14.3 Å². The topological polar surface area (TPSA) is 189 Å². The molecule has 1 rings (SSSR count). The Balaban J connectivity index is 2.27. The van der Waals surface area contributed by atoms with Crippen molar-refractivity contribution in [3.8, 4) is 0 Å². The molecule has 0 aliphatic carbocycles. The number of allylic oxidation sites excluding steroid dienone is 6. The Morgan fingerprint density at radius 3 is 1.32 bits per heavy atom. The minimum atomic E-state index is -1.67. The Kier molecular flexibility index (Phi) is 43.9. The van der Waals surface area contributed by atoms with E-state index in [1.165, 1.54) is 167 Å². The summed E-state index contributed by atoms with van der Waals surface area (Å²) in [5.74, 6) is -0.710. The van der Waals surface area contributed by atoms with Crippen LogP contribution < -0.4 is 5.32 Å². The molecule has 0 aromatic heterocycles. The van der Waals surface area contributed by atoms with Crippen molar-refractivity contribution in [2.24, 2.45) is 0 Å². The molecule has 1 amide bonds. The van der Waals surface area contributed by atoms with Crippen molar-refractivity contribution < 1.29 is 50.0 Å². The molecule has 0 saturated carbocycles. The van der Waals surface area contributed by atoms with Gasteiger partial charge in [-0.3, -0.25) is 4.79 Å². The van der Waals surface area contributed by atoms with Crippen LogP contribution in [0.1, 0.15) is 251 Å². The summed E-state index contributed by atoms with van der Waals surface area (Å²) in [4.78, 5) is 13.1. The van der Waals surface area contributed by atoms with Gasteiger partial charge in [0.05, 0.1) is 25.4 Å². The zero-order valence-corrected chi connectivity index (χ0v) is 43.6. The Hall–Kier alpha value is -1.67. The van der Waals surface area contributed by atoms with Gasteiger partial charge in [-0.2, -0.15) is 0 Å². The number of hydrogen-bond donors (Lipinski definition) is 8. The summed E-state index contributed by atoms with van der Waals surface area (Å²) in [6.45, 7) is 3.42. The zero-order chi connectivity index (χ0) is 49.7. The summed E-state index contributed by atoms with van der Waals surface area (Å²) in [6, 6.07) is -1.19. The molecule has 68 heavy (non-hydrogen) atoms. The summed E-state index contributed by atoms with van der Waals surface area (Å²) >= 11 is 0. The van der Waals surface area contributed by atoms with Gasteiger partial charge in [0.15, 0.2) is 6.29 Å². The van der Waals surface area contributed by atoms with Gasteiger partial charge in [-0.05, 0) is 77.0 Å². The number of rotatable bonds is 48. The van der Waals surface area contributed by atoms with Gasteiger partial charge in [-0.1, -0.05) is 211 Å². The van der Waals surface area contributed by atoms with Crippen molar-refractivity contribution in [3.63, 3.8) is 0 Å². The molecular formula is C57H107NO10. The largest absolute Gasteiger partial charge is 0.394 e. The lowest BCUT2D eigenvalue weighted by Gasteiger charge is -2.40. The van der Waals surface area contributed by atoms with Crippen LogP contribution in [0.25, 0.3) is 0 Å². The fourth-order valence-corrected chi connectivity index (χ4v) is 8.98. The van der Waals surface area contributed by atoms with E-state index < -0.39 is 74.2 Å². The molecule has 9 atom stereocenters. The van der Waals surface area contributed by atoms with E-state index in [4.69, 9.17) is 9.47 Å². The minimum absolute atomic E-state index is 0.246. The predicted molar refractivity (Wildman–Crippen MR) is 279 cm³/mol. The summed E-state index contributed by atoms with van der Waals surface area (Å²) in [7, 11) is 0. The molecule has 1 aliphatic heterocycles. The number of carbonyl (C=O) groups is 1. The lowest BCUT2D eigenvalue weighted by atomic mass is 9.98. The predicted octanol–water partition coefficient (Wildman–Crippen LogP) is 11.5. The monoisotopic (exact) mass is 966 g/mol. The first-order valence-corrected chi connectivity index (χ1v) is 28.4. The van der Waals surface area contributed by atoms with E-state index in [1.54, 1.807) is 0 Å². The van der Waals surface area contributed by atoms with Gasteiger partial charge < -0.3 is 50.5 Å². The SMILES string of the molecule is CCCCCC/C=C/CC/C=C/CCCC(O)C(O)C(COC1OC(CO)C(O)C(O)C1O)NC(=O)C(O)CCCCCCCCCCCCCC/C=C\CCCCCCCCCCCCCC. The third-order valence-corrected chi connectivity index (χ3v) is 13.6. The van der Waals surface area contributed by atoms with E-state index in [0.717, 1.165) is 38.5 Å². The van der Waals surface area contributed by atoms with Gasteiger partial charge >= 0.3 is 0 Å². The molecule has 8 N–H and O–H groups in total. The van der Waals surface area contributed by atoms with E-state index in [0.29, 0.717) is 19.3 Å². The van der Waals surface area contributed by atoms with Crippen molar-refractivity contribution in [2.75, 3.05) is 13.2 Å². The van der Waals surface area contributed by atoms with Gasteiger partial charge in [0.2, 0.25) is 5.91 Å². The molecule has 11 heteroatoms. The molecule has 0 radical (unpaired) electrons. The van der Waals surface area contributed by atoms with Gasteiger partial charge in [0.25, 0.3) is 0 Å². The molecule has 1 heterocycles. The smallest absolute Gasteiger partial charge is 0.249 e. The minimum Gasteiger partial charge on any atom is -0.394 e. The van der Waals surface area contributed by atoms with Gasteiger partial charge in [0, 0.05) is 0 Å². The first-order valence-electron chi connectivity index (χ1n) is 28.4. The maximum Gasteiger partial charge on any atom is 0.249 e. The Morgan fingerprint density at radius 1 is 0.500 bits per heavy atom. The lowest BCUT2D eigenvalue weighted by Crippen LogP contribution is -2.60. The molecule has 0 spiro atoms. The van der Waals surface area contributed by atoms with Crippen LogP contribution >= 0.6 is 0 Å².